The van der Waals surface area contributed by atoms with Crippen LogP contribution in [-0.2, 0) is 14.3 Å². The summed E-state index contributed by atoms with van der Waals surface area (Å²) < 4.78 is 9.22. The summed E-state index contributed by atoms with van der Waals surface area (Å²) in [6.45, 7) is 1.85. The van der Waals surface area contributed by atoms with E-state index in [0.29, 0.717) is 5.69 Å². The van der Waals surface area contributed by atoms with Crippen LogP contribution in [-0.4, -0.2) is 38.6 Å². The van der Waals surface area contributed by atoms with Crippen molar-refractivity contribution in [2.24, 2.45) is 11.7 Å². The summed E-state index contributed by atoms with van der Waals surface area (Å²) in [5, 5.41) is 2.60. The highest BCUT2D eigenvalue weighted by Gasteiger charge is 2.16. The van der Waals surface area contributed by atoms with Gasteiger partial charge in [0.15, 0.2) is 0 Å². The molecule has 0 spiro atoms. The van der Waals surface area contributed by atoms with E-state index in [9.17, 15) is 14.4 Å². The number of rotatable bonds is 5. The number of methoxy groups -OCH3 is 2. The topological polar surface area (TPSA) is 108 Å². The first kappa shape index (κ1) is 16.6. The molecule has 0 aliphatic rings. The molecule has 21 heavy (non-hydrogen) atoms. The molecule has 0 heterocycles. The van der Waals surface area contributed by atoms with E-state index in [2.05, 4.69) is 14.8 Å². The summed E-state index contributed by atoms with van der Waals surface area (Å²) in [4.78, 5) is 35.0. The number of hydrogen-bond donors (Lipinski definition) is 2. The molecule has 1 aromatic rings. The van der Waals surface area contributed by atoms with Gasteiger partial charge in [-0.25, -0.2) is 9.59 Å². The number of carbonyl (C=O) groups excluding carboxylic acids is 3. The molecule has 0 saturated heterocycles. The van der Waals surface area contributed by atoms with Crippen LogP contribution in [0.15, 0.2) is 18.2 Å². The number of nitrogens with one attached hydrogen (secondary N) is 1. The average molecular weight is 294 g/mol. The van der Waals surface area contributed by atoms with Crippen LogP contribution in [0.3, 0.4) is 0 Å². The van der Waals surface area contributed by atoms with Crippen molar-refractivity contribution in [2.75, 3.05) is 26.1 Å². The molecule has 0 fully saturated rings. The third-order valence-corrected chi connectivity index (χ3v) is 2.84. The maximum atomic E-state index is 11.8. The van der Waals surface area contributed by atoms with Gasteiger partial charge in [-0.15, -0.1) is 0 Å². The van der Waals surface area contributed by atoms with Crippen molar-refractivity contribution < 1.29 is 23.9 Å². The minimum Gasteiger partial charge on any atom is -0.465 e. The Bertz CT molecular complexity index is 522. The Labute approximate surface area is 122 Å². The van der Waals surface area contributed by atoms with Gasteiger partial charge in [0.25, 0.3) is 0 Å². The molecular formula is C14H18N2O5. The lowest BCUT2D eigenvalue weighted by atomic mass is 10.1. The predicted molar refractivity (Wildman–Crippen MR) is 76.0 cm³/mol. The Morgan fingerprint density at radius 3 is 1.95 bits per heavy atom. The largest absolute Gasteiger partial charge is 0.465 e. The van der Waals surface area contributed by atoms with Crippen molar-refractivity contribution in [1.82, 2.24) is 0 Å². The molecule has 1 atom stereocenters. The van der Waals surface area contributed by atoms with E-state index in [1.165, 1.54) is 32.4 Å². The number of hydrogen-bond acceptors (Lipinski definition) is 6. The Hall–Kier alpha value is -2.41. The van der Waals surface area contributed by atoms with Gasteiger partial charge in [-0.3, -0.25) is 4.79 Å². The third kappa shape index (κ3) is 4.28. The maximum absolute atomic E-state index is 11.8. The van der Waals surface area contributed by atoms with Gasteiger partial charge in [-0.2, -0.15) is 0 Å². The summed E-state index contributed by atoms with van der Waals surface area (Å²) in [5.74, 6) is -1.95. The van der Waals surface area contributed by atoms with Crippen molar-refractivity contribution in [3.8, 4) is 0 Å². The lowest BCUT2D eigenvalue weighted by Gasteiger charge is -2.12. The van der Waals surface area contributed by atoms with Crippen molar-refractivity contribution in [3.05, 3.63) is 29.3 Å². The monoisotopic (exact) mass is 294 g/mol. The van der Waals surface area contributed by atoms with Crippen LogP contribution in [0.1, 0.15) is 27.6 Å². The van der Waals surface area contributed by atoms with Gasteiger partial charge in [0, 0.05) is 18.2 Å². The second-order valence-corrected chi connectivity index (χ2v) is 4.41. The lowest BCUT2D eigenvalue weighted by Crippen LogP contribution is -2.26. The molecule has 114 valence electrons. The van der Waals surface area contributed by atoms with Crippen molar-refractivity contribution in [3.63, 3.8) is 0 Å². The summed E-state index contributed by atoms with van der Waals surface area (Å²) >= 11 is 0. The molecule has 0 radical (unpaired) electrons. The fourth-order valence-corrected chi connectivity index (χ4v) is 1.54. The number of esters is 2. The van der Waals surface area contributed by atoms with E-state index in [0.717, 1.165) is 0 Å². The molecule has 0 aliphatic heterocycles. The van der Waals surface area contributed by atoms with Crippen LogP contribution in [0.5, 0.6) is 0 Å². The Morgan fingerprint density at radius 1 is 1.10 bits per heavy atom. The molecule has 0 saturated carbocycles. The van der Waals surface area contributed by atoms with E-state index in [1.807, 2.05) is 0 Å². The number of nitrogens with two attached hydrogens (primary N) is 1. The standard InChI is InChI=1S/C14H18N2O5/c1-8(7-15)12(17)16-11-5-9(13(18)20-2)4-10(6-11)14(19)21-3/h4-6,8H,7,15H2,1-3H3,(H,16,17). The van der Waals surface area contributed by atoms with E-state index in [1.54, 1.807) is 6.92 Å². The lowest BCUT2D eigenvalue weighted by molar-refractivity contribution is -0.119. The van der Waals surface area contributed by atoms with E-state index < -0.39 is 17.9 Å². The van der Waals surface area contributed by atoms with Gasteiger partial charge in [-0.05, 0) is 18.2 Å². The predicted octanol–water partition coefficient (Wildman–Crippen LogP) is 0.793. The van der Waals surface area contributed by atoms with Crippen LogP contribution in [0, 0.1) is 5.92 Å². The highest BCUT2D eigenvalue weighted by atomic mass is 16.5. The zero-order chi connectivity index (χ0) is 16.0. The van der Waals surface area contributed by atoms with Crippen LogP contribution in [0.25, 0.3) is 0 Å². The number of carbonyl (C=O) groups is 3. The zero-order valence-electron chi connectivity index (χ0n) is 12.1. The molecule has 1 amide bonds. The smallest absolute Gasteiger partial charge is 0.337 e. The summed E-state index contributed by atoms with van der Waals surface area (Å²) in [7, 11) is 2.45. The molecule has 1 rings (SSSR count). The highest BCUT2D eigenvalue weighted by Crippen LogP contribution is 2.17. The summed E-state index contributed by atoms with van der Waals surface area (Å²) in [6.07, 6.45) is 0. The molecule has 0 aliphatic carbocycles. The number of amides is 1. The van der Waals surface area contributed by atoms with Gasteiger partial charge in [0.05, 0.1) is 25.3 Å². The fraction of sp³-hybridized carbons (Fsp3) is 0.357. The van der Waals surface area contributed by atoms with Crippen LogP contribution < -0.4 is 11.1 Å². The highest BCUT2D eigenvalue weighted by molar-refractivity contribution is 5.99. The van der Waals surface area contributed by atoms with Crippen LogP contribution in [0.2, 0.25) is 0 Å². The second kappa shape index (κ2) is 7.39. The van der Waals surface area contributed by atoms with Crippen molar-refractivity contribution in [1.29, 1.82) is 0 Å². The molecule has 1 unspecified atom stereocenters. The second-order valence-electron chi connectivity index (χ2n) is 4.41. The average Bonchev–Trinajstić information content (AvgIpc) is 2.51. The van der Waals surface area contributed by atoms with Crippen LogP contribution >= 0.6 is 0 Å². The van der Waals surface area contributed by atoms with Gasteiger partial charge < -0.3 is 20.5 Å². The molecule has 7 nitrogen and oxygen atoms in total. The van der Waals surface area contributed by atoms with E-state index in [-0.39, 0.29) is 23.6 Å². The van der Waals surface area contributed by atoms with Gasteiger partial charge in [0.2, 0.25) is 5.91 Å². The minimum absolute atomic E-state index is 0.135. The van der Waals surface area contributed by atoms with Crippen molar-refractivity contribution >= 4 is 23.5 Å². The van der Waals surface area contributed by atoms with Gasteiger partial charge >= 0.3 is 11.9 Å². The van der Waals surface area contributed by atoms with E-state index in [4.69, 9.17) is 5.73 Å². The quantitative estimate of drug-likeness (QED) is 0.777. The Morgan fingerprint density at radius 2 is 1.57 bits per heavy atom. The molecule has 0 aromatic heterocycles. The van der Waals surface area contributed by atoms with Gasteiger partial charge in [0.1, 0.15) is 0 Å². The molecule has 3 N–H and O–H groups in total. The van der Waals surface area contributed by atoms with Crippen LogP contribution in [0.4, 0.5) is 5.69 Å². The first-order valence-electron chi connectivity index (χ1n) is 6.25. The zero-order valence-corrected chi connectivity index (χ0v) is 12.1. The molecular weight excluding hydrogens is 276 g/mol. The summed E-state index contributed by atoms with van der Waals surface area (Å²) in [5.41, 5.74) is 5.98. The number of ether oxygens (including phenoxy) is 2. The SMILES string of the molecule is COC(=O)c1cc(NC(=O)C(C)CN)cc(C(=O)OC)c1. The Balaban J connectivity index is 3.15. The Kier molecular flexibility index (Phi) is 5.86. The number of anilines is 1. The third-order valence-electron chi connectivity index (χ3n) is 2.84. The van der Waals surface area contributed by atoms with Crippen molar-refractivity contribution in [2.45, 2.75) is 6.92 Å². The number of benzene rings is 1. The van der Waals surface area contributed by atoms with Gasteiger partial charge in [-0.1, -0.05) is 6.92 Å². The molecule has 1 aromatic carbocycles. The minimum atomic E-state index is -0.622. The molecule has 0 bridgehead atoms. The molecule has 7 heteroatoms. The normalized spacial score (nSPS) is 11.4. The summed E-state index contributed by atoms with van der Waals surface area (Å²) in [6, 6.07) is 4.17. The first-order chi connectivity index (χ1) is 9.92. The van der Waals surface area contributed by atoms with E-state index >= 15 is 0 Å². The maximum Gasteiger partial charge on any atom is 0.337 e. The first-order valence-corrected chi connectivity index (χ1v) is 6.25. The fourth-order valence-electron chi connectivity index (χ4n) is 1.54.